The van der Waals surface area contributed by atoms with E-state index in [-0.39, 0.29) is 11.3 Å². The van der Waals surface area contributed by atoms with Crippen molar-refractivity contribution in [3.63, 3.8) is 0 Å². The van der Waals surface area contributed by atoms with Gasteiger partial charge < -0.3 is 20.9 Å². The SMILES string of the molecule is CC(C)N1c2cc(N)ncc2NC1(C)C1=NCN(c2cnn(S(=O)(=O)C3CC3)c2)C=C1. The summed E-state index contributed by atoms with van der Waals surface area (Å²) >= 11 is 0. The van der Waals surface area contributed by atoms with Gasteiger partial charge in [0.05, 0.1) is 46.6 Å². The van der Waals surface area contributed by atoms with Gasteiger partial charge >= 0.3 is 0 Å². The summed E-state index contributed by atoms with van der Waals surface area (Å²) in [5, 5.41) is 7.32. The smallest absolute Gasteiger partial charge is 0.256 e. The fourth-order valence-corrected chi connectivity index (χ4v) is 5.77. The number of nitrogens with zero attached hydrogens (tertiary/aromatic N) is 6. The van der Waals surface area contributed by atoms with Crippen LogP contribution in [0.2, 0.25) is 0 Å². The summed E-state index contributed by atoms with van der Waals surface area (Å²) in [6.45, 7) is 6.70. The van der Waals surface area contributed by atoms with Crippen LogP contribution in [0.1, 0.15) is 33.6 Å². The van der Waals surface area contributed by atoms with Crippen LogP contribution in [0.4, 0.5) is 22.9 Å². The molecular weight excluding hydrogens is 416 g/mol. The fraction of sp³-hybridized carbons (Fsp3) is 0.450. The first-order chi connectivity index (χ1) is 14.7. The number of nitrogens with one attached hydrogen (secondary N) is 1. The second-order valence-corrected chi connectivity index (χ2v) is 10.6. The minimum absolute atomic E-state index is 0.195. The number of pyridine rings is 1. The van der Waals surface area contributed by atoms with E-state index in [2.05, 4.69) is 41.1 Å². The normalized spacial score (nSPS) is 23.2. The van der Waals surface area contributed by atoms with Crippen LogP contribution in [0.15, 0.2) is 41.9 Å². The summed E-state index contributed by atoms with van der Waals surface area (Å²) in [5.41, 5.74) is 8.83. The number of fused-ring (bicyclic) bond motifs is 1. The van der Waals surface area contributed by atoms with Crippen molar-refractivity contribution in [1.82, 2.24) is 14.2 Å². The van der Waals surface area contributed by atoms with Crippen molar-refractivity contribution >= 4 is 38.6 Å². The largest absolute Gasteiger partial charge is 0.384 e. The molecule has 5 rings (SSSR count). The van der Waals surface area contributed by atoms with Gasteiger partial charge in [-0.25, -0.2) is 13.4 Å². The molecule has 2 aromatic heterocycles. The number of rotatable bonds is 5. The maximum atomic E-state index is 12.4. The third-order valence-corrected chi connectivity index (χ3v) is 7.96. The number of hydrogen-bond acceptors (Lipinski definition) is 9. The topological polar surface area (TPSA) is 122 Å². The molecule has 11 heteroatoms. The molecule has 1 unspecified atom stereocenters. The molecule has 31 heavy (non-hydrogen) atoms. The van der Waals surface area contributed by atoms with Gasteiger partial charge in [0.25, 0.3) is 10.0 Å². The second-order valence-electron chi connectivity index (χ2n) is 8.57. The second kappa shape index (κ2) is 6.71. The maximum Gasteiger partial charge on any atom is 0.256 e. The zero-order chi connectivity index (χ0) is 22.0. The summed E-state index contributed by atoms with van der Waals surface area (Å²) in [5.74, 6) is 0.473. The highest BCUT2D eigenvalue weighted by atomic mass is 32.2. The monoisotopic (exact) mass is 442 g/mol. The average molecular weight is 443 g/mol. The van der Waals surface area contributed by atoms with Gasteiger partial charge in [0, 0.05) is 18.3 Å². The highest BCUT2D eigenvalue weighted by Crippen LogP contribution is 2.43. The molecule has 0 aromatic carbocycles. The van der Waals surface area contributed by atoms with Crippen LogP contribution < -0.4 is 20.9 Å². The van der Waals surface area contributed by atoms with E-state index in [1.54, 1.807) is 18.6 Å². The van der Waals surface area contributed by atoms with Crippen LogP contribution in [0.3, 0.4) is 0 Å². The number of aromatic nitrogens is 3. The van der Waals surface area contributed by atoms with Gasteiger partial charge in [0.15, 0.2) is 5.66 Å². The molecule has 1 atom stereocenters. The van der Waals surface area contributed by atoms with Crippen molar-refractivity contribution in [2.24, 2.45) is 4.99 Å². The zero-order valence-corrected chi connectivity index (χ0v) is 18.5. The molecule has 4 heterocycles. The first-order valence-electron chi connectivity index (χ1n) is 10.3. The Balaban J connectivity index is 1.39. The summed E-state index contributed by atoms with van der Waals surface area (Å²) in [7, 11) is -3.38. The standard InChI is InChI=1S/C20H26N8O2S/c1-13(2)28-17-8-19(21)22-10-16(17)25-20(28,3)18-6-7-26(12-23-18)14-9-24-27(11-14)31(29,30)15-4-5-15/h6-11,13,15,25H,4-5,12H2,1-3H3,(H2,21,22). The van der Waals surface area contributed by atoms with Gasteiger partial charge in [-0.3, -0.25) is 4.99 Å². The minimum atomic E-state index is -3.38. The van der Waals surface area contributed by atoms with E-state index in [4.69, 9.17) is 10.7 Å². The Morgan fingerprint density at radius 3 is 2.71 bits per heavy atom. The van der Waals surface area contributed by atoms with Crippen LogP contribution in [-0.4, -0.2) is 51.9 Å². The highest BCUT2D eigenvalue weighted by molar-refractivity contribution is 7.90. The van der Waals surface area contributed by atoms with Crippen molar-refractivity contribution < 1.29 is 8.42 Å². The number of nitrogens with two attached hydrogens (primary N) is 1. The van der Waals surface area contributed by atoms with Crippen LogP contribution in [0, 0.1) is 0 Å². The third-order valence-electron chi connectivity index (χ3n) is 5.93. The summed E-state index contributed by atoms with van der Waals surface area (Å²) in [6.07, 6.45) is 10.1. The first-order valence-corrected chi connectivity index (χ1v) is 11.8. The van der Waals surface area contributed by atoms with E-state index in [0.29, 0.717) is 31.0 Å². The zero-order valence-electron chi connectivity index (χ0n) is 17.7. The molecule has 1 aliphatic carbocycles. The summed E-state index contributed by atoms with van der Waals surface area (Å²) < 4.78 is 25.9. The Kier molecular flexibility index (Phi) is 4.30. The first kappa shape index (κ1) is 19.9. The molecule has 0 bridgehead atoms. The Morgan fingerprint density at radius 1 is 1.29 bits per heavy atom. The van der Waals surface area contributed by atoms with Crippen LogP contribution in [0.5, 0.6) is 0 Å². The lowest BCUT2D eigenvalue weighted by Crippen LogP contribution is -2.57. The molecule has 0 spiro atoms. The van der Waals surface area contributed by atoms with E-state index >= 15 is 0 Å². The van der Waals surface area contributed by atoms with Crippen LogP contribution in [0.25, 0.3) is 0 Å². The van der Waals surface area contributed by atoms with E-state index in [1.165, 1.54) is 0 Å². The van der Waals surface area contributed by atoms with Gasteiger partial charge in [-0.15, -0.1) is 0 Å². The predicted octanol–water partition coefficient (Wildman–Crippen LogP) is 1.99. The van der Waals surface area contributed by atoms with Gasteiger partial charge in [-0.05, 0) is 39.7 Å². The van der Waals surface area contributed by atoms with Gasteiger partial charge in [0.2, 0.25) is 0 Å². The van der Waals surface area contributed by atoms with E-state index in [9.17, 15) is 8.42 Å². The molecule has 2 aliphatic heterocycles. The third kappa shape index (κ3) is 3.14. The van der Waals surface area contributed by atoms with Crippen molar-refractivity contribution in [1.29, 1.82) is 0 Å². The van der Waals surface area contributed by atoms with Crippen LogP contribution in [-0.2, 0) is 10.0 Å². The summed E-state index contributed by atoms with van der Waals surface area (Å²) in [4.78, 5) is 13.1. The quantitative estimate of drug-likeness (QED) is 0.721. The number of anilines is 4. The molecule has 0 amide bonds. The maximum absolute atomic E-state index is 12.4. The minimum Gasteiger partial charge on any atom is -0.384 e. The molecule has 10 nitrogen and oxygen atoms in total. The summed E-state index contributed by atoms with van der Waals surface area (Å²) in [6, 6.07) is 2.07. The Labute approximate surface area is 181 Å². The molecule has 1 saturated carbocycles. The molecule has 0 radical (unpaired) electrons. The average Bonchev–Trinajstić information content (AvgIpc) is 3.39. The number of nitrogen functional groups attached to an aromatic ring is 1. The van der Waals surface area contributed by atoms with E-state index in [0.717, 1.165) is 21.2 Å². The molecule has 164 valence electrons. The Bertz CT molecular complexity index is 1200. The lowest BCUT2D eigenvalue weighted by molar-refractivity contribution is 0.570. The van der Waals surface area contributed by atoms with Crippen molar-refractivity contribution in [2.75, 3.05) is 27.5 Å². The van der Waals surface area contributed by atoms with Gasteiger partial charge in [-0.2, -0.15) is 9.19 Å². The molecule has 3 aliphatic rings. The Hall–Kier alpha value is -3.08. The Morgan fingerprint density at radius 2 is 2.06 bits per heavy atom. The van der Waals surface area contributed by atoms with E-state index in [1.807, 2.05) is 23.2 Å². The van der Waals surface area contributed by atoms with Crippen molar-refractivity contribution in [3.05, 3.63) is 36.9 Å². The van der Waals surface area contributed by atoms with Gasteiger partial charge in [-0.1, -0.05) is 0 Å². The predicted molar refractivity (Wildman–Crippen MR) is 122 cm³/mol. The molecule has 0 saturated heterocycles. The molecule has 1 fully saturated rings. The van der Waals surface area contributed by atoms with Crippen LogP contribution >= 0.6 is 0 Å². The molecule has 2 aromatic rings. The fourth-order valence-electron chi connectivity index (χ4n) is 4.30. The lowest BCUT2D eigenvalue weighted by Gasteiger charge is -2.41. The molecule has 3 N–H and O–H groups in total. The lowest BCUT2D eigenvalue weighted by atomic mass is 10.0. The van der Waals surface area contributed by atoms with Crippen molar-refractivity contribution in [3.8, 4) is 0 Å². The molecular formula is C20H26N8O2S. The number of hydrogen-bond donors (Lipinski definition) is 2. The van der Waals surface area contributed by atoms with E-state index < -0.39 is 15.7 Å². The van der Waals surface area contributed by atoms with Gasteiger partial charge in [0.1, 0.15) is 12.5 Å². The highest BCUT2D eigenvalue weighted by Gasteiger charge is 2.45. The van der Waals surface area contributed by atoms with Crippen molar-refractivity contribution in [2.45, 2.75) is 50.6 Å². The number of aliphatic imine (C=N–C) groups is 1.